The van der Waals surface area contributed by atoms with Crippen molar-refractivity contribution < 1.29 is 13.9 Å². The number of morpholine rings is 1. The van der Waals surface area contributed by atoms with E-state index in [-0.39, 0.29) is 12.1 Å². The molecular formula is C22H26ClN5O3. The molecular weight excluding hydrogens is 418 g/mol. The molecule has 31 heavy (non-hydrogen) atoms. The van der Waals surface area contributed by atoms with Crippen LogP contribution in [-0.4, -0.2) is 53.6 Å². The van der Waals surface area contributed by atoms with Crippen LogP contribution in [0.1, 0.15) is 23.1 Å². The number of hydrogen-bond acceptors (Lipinski definition) is 5. The van der Waals surface area contributed by atoms with Crippen molar-refractivity contribution in [3.05, 3.63) is 70.9 Å². The van der Waals surface area contributed by atoms with Gasteiger partial charge in [0.2, 0.25) is 0 Å². The van der Waals surface area contributed by atoms with E-state index in [0.29, 0.717) is 31.3 Å². The average molecular weight is 444 g/mol. The molecule has 1 unspecified atom stereocenters. The smallest absolute Gasteiger partial charge is 0.315 e. The number of furan rings is 1. The minimum Gasteiger partial charge on any atom is -0.465 e. The van der Waals surface area contributed by atoms with Gasteiger partial charge >= 0.3 is 6.03 Å². The molecule has 8 nitrogen and oxygen atoms in total. The predicted octanol–water partition coefficient (Wildman–Crippen LogP) is 3.30. The van der Waals surface area contributed by atoms with Crippen molar-refractivity contribution in [3.63, 3.8) is 0 Å². The summed E-state index contributed by atoms with van der Waals surface area (Å²) >= 11 is 5.93. The lowest BCUT2D eigenvalue weighted by Gasteiger charge is -2.33. The van der Waals surface area contributed by atoms with Gasteiger partial charge in [-0.3, -0.25) is 4.90 Å². The first-order valence-corrected chi connectivity index (χ1v) is 10.7. The van der Waals surface area contributed by atoms with Crippen LogP contribution in [0.4, 0.5) is 4.79 Å². The summed E-state index contributed by atoms with van der Waals surface area (Å²) in [6.07, 6.45) is 3.61. The standard InChI is InChI=1S/C22H26ClN5O3/c1-16-2-7-21(31-16)20(27-8-10-30-11-9-27)14-25-22(29)24-12-17-13-26-28(15-17)19-5-3-18(23)4-6-19/h2-7,13,15,20H,8-12,14H2,1H3,(H2,24,25,29). The molecule has 0 aliphatic carbocycles. The molecule has 4 rings (SSSR count). The maximum Gasteiger partial charge on any atom is 0.315 e. The van der Waals surface area contributed by atoms with Gasteiger partial charge in [-0.1, -0.05) is 11.6 Å². The summed E-state index contributed by atoms with van der Waals surface area (Å²) in [7, 11) is 0. The van der Waals surface area contributed by atoms with E-state index in [2.05, 4.69) is 20.6 Å². The lowest BCUT2D eigenvalue weighted by atomic mass is 10.1. The number of carbonyl (C=O) groups is 1. The third-order valence-corrected chi connectivity index (χ3v) is 5.46. The molecule has 1 saturated heterocycles. The molecule has 1 aromatic carbocycles. The van der Waals surface area contributed by atoms with Gasteiger partial charge in [-0.15, -0.1) is 0 Å². The molecule has 9 heteroatoms. The molecule has 1 aliphatic rings. The molecule has 2 N–H and O–H groups in total. The van der Waals surface area contributed by atoms with Crippen molar-refractivity contribution in [2.24, 2.45) is 0 Å². The molecule has 2 amide bonds. The van der Waals surface area contributed by atoms with E-state index < -0.39 is 0 Å². The maximum absolute atomic E-state index is 12.4. The highest BCUT2D eigenvalue weighted by atomic mass is 35.5. The maximum atomic E-state index is 12.4. The summed E-state index contributed by atoms with van der Waals surface area (Å²) in [5, 5.41) is 10.9. The number of urea groups is 1. The largest absolute Gasteiger partial charge is 0.465 e. The monoisotopic (exact) mass is 443 g/mol. The summed E-state index contributed by atoms with van der Waals surface area (Å²) in [5.41, 5.74) is 1.80. The third kappa shape index (κ3) is 5.66. The molecule has 164 valence electrons. The van der Waals surface area contributed by atoms with Crippen LogP contribution >= 0.6 is 11.6 Å². The van der Waals surface area contributed by atoms with Gasteiger partial charge in [0.1, 0.15) is 11.5 Å². The van der Waals surface area contributed by atoms with Crippen molar-refractivity contribution in [2.45, 2.75) is 19.5 Å². The van der Waals surface area contributed by atoms with Crippen molar-refractivity contribution in [1.82, 2.24) is 25.3 Å². The Morgan fingerprint density at radius 3 is 2.65 bits per heavy atom. The summed E-state index contributed by atoms with van der Waals surface area (Å²) in [6, 6.07) is 11.1. The number of carbonyl (C=O) groups excluding carboxylic acids is 1. The Labute approximate surface area is 186 Å². The highest BCUT2D eigenvalue weighted by Crippen LogP contribution is 2.23. The molecule has 1 aliphatic heterocycles. The van der Waals surface area contributed by atoms with Crippen LogP contribution in [-0.2, 0) is 11.3 Å². The Bertz CT molecular complexity index is 995. The Hall–Kier alpha value is -2.81. The number of benzene rings is 1. The van der Waals surface area contributed by atoms with Crippen LogP contribution in [0, 0.1) is 6.92 Å². The van der Waals surface area contributed by atoms with Crippen molar-refractivity contribution in [1.29, 1.82) is 0 Å². The number of nitrogens with zero attached hydrogens (tertiary/aromatic N) is 3. The first kappa shape index (κ1) is 21.4. The van der Waals surface area contributed by atoms with Crippen LogP contribution in [0.25, 0.3) is 5.69 Å². The number of aryl methyl sites for hydroxylation is 1. The van der Waals surface area contributed by atoms with E-state index in [9.17, 15) is 4.79 Å². The predicted molar refractivity (Wildman–Crippen MR) is 117 cm³/mol. The zero-order valence-corrected chi connectivity index (χ0v) is 18.1. The van der Waals surface area contributed by atoms with Crippen LogP contribution in [0.2, 0.25) is 5.02 Å². The van der Waals surface area contributed by atoms with Crippen molar-refractivity contribution in [3.8, 4) is 5.69 Å². The number of hydrogen-bond donors (Lipinski definition) is 2. The van der Waals surface area contributed by atoms with E-state index in [1.807, 2.05) is 49.5 Å². The summed E-state index contributed by atoms with van der Waals surface area (Å²) in [6.45, 7) is 5.71. The van der Waals surface area contributed by atoms with Gasteiger partial charge in [0.05, 0.1) is 31.1 Å². The number of amides is 2. The number of ether oxygens (including phenoxy) is 1. The molecule has 3 heterocycles. The molecule has 0 spiro atoms. The Balaban J connectivity index is 1.31. The fourth-order valence-electron chi connectivity index (χ4n) is 3.55. The quantitative estimate of drug-likeness (QED) is 0.585. The summed E-state index contributed by atoms with van der Waals surface area (Å²) in [4.78, 5) is 14.7. The SMILES string of the molecule is Cc1ccc(C(CNC(=O)NCc2cnn(-c3ccc(Cl)cc3)c2)N2CCOCC2)o1. The average Bonchev–Trinajstić information content (AvgIpc) is 3.43. The van der Waals surface area contributed by atoms with E-state index >= 15 is 0 Å². The van der Waals surface area contributed by atoms with Gasteiger partial charge in [0, 0.05) is 43.0 Å². The van der Waals surface area contributed by atoms with Crippen LogP contribution in [0.5, 0.6) is 0 Å². The van der Waals surface area contributed by atoms with Gasteiger partial charge in [-0.05, 0) is 43.3 Å². The van der Waals surface area contributed by atoms with Crippen LogP contribution < -0.4 is 10.6 Å². The molecule has 1 atom stereocenters. The molecule has 2 aromatic heterocycles. The highest BCUT2D eigenvalue weighted by molar-refractivity contribution is 6.30. The first-order valence-electron chi connectivity index (χ1n) is 10.3. The van der Waals surface area contributed by atoms with Gasteiger partial charge in [0.25, 0.3) is 0 Å². The normalized spacial score (nSPS) is 15.5. The van der Waals surface area contributed by atoms with Gasteiger partial charge < -0.3 is 19.8 Å². The van der Waals surface area contributed by atoms with Crippen LogP contribution in [0.3, 0.4) is 0 Å². The molecule has 0 radical (unpaired) electrons. The van der Waals surface area contributed by atoms with Crippen molar-refractivity contribution in [2.75, 3.05) is 32.8 Å². The number of nitrogens with one attached hydrogen (secondary N) is 2. The Morgan fingerprint density at radius 1 is 1.16 bits per heavy atom. The number of halogens is 1. The number of aromatic nitrogens is 2. The third-order valence-electron chi connectivity index (χ3n) is 5.21. The Kier molecular flexibility index (Phi) is 6.91. The minimum absolute atomic E-state index is 0.0315. The topological polar surface area (TPSA) is 84.6 Å². The Morgan fingerprint density at radius 2 is 1.94 bits per heavy atom. The van der Waals surface area contributed by atoms with E-state index in [0.717, 1.165) is 35.9 Å². The second-order valence-corrected chi connectivity index (χ2v) is 7.88. The van der Waals surface area contributed by atoms with E-state index in [4.69, 9.17) is 20.8 Å². The molecule has 3 aromatic rings. The van der Waals surface area contributed by atoms with Gasteiger partial charge in [-0.2, -0.15) is 5.10 Å². The molecule has 0 saturated carbocycles. The fourth-order valence-corrected chi connectivity index (χ4v) is 3.68. The lowest BCUT2D eigenvalue weighted by Crippen LogP contribution is -2.45. The zero-order chi connectivity index (χ0) is 21.6. The second-order valence-electron chi connectivity index (χ2n) is 7.45. The molecule has 0 bridgehead atoms. The van der Waals surface area contributed by atoms with E-state index in [1.54, 1.807) is 10.9 Å². The van der Waals surface area contributed by atoms with Gasteiger partial charge in [0.15, 0.2) is 0 Å². The second kappa shape index (κ2) is 10.00. The van der Waals surface area contributed by atoms with Gasteiger partial charge in [-0.25, -0.2) is 9.48 Å². The number of rotatable bonds is 7. The van der Waals surface area contributed by atoms with Crippen molar-refractivity contribution >= 4 is 17.6 Å². The minimum atomic E-state index is -0.235. The first-order chi connectivity index (χ1) is 15.1. The summed E-state index contributed by atoms with van der Waals surface area (Å²) in [5.74, 6) is 1.71. The van der Waals surface area contributed by atoms with Crippen LogP contribution in [0.15, 0.2) is 53.2 Å². The fraction of sp³-hybridized carbons (Fsp3) is 0.364. The highest BCUT2D eigenvalue weighted by Gasteiger charge is 2.25. The zero-order valence-electron chi connectivity index (χ0n) is 17.4. The molecule has 1 fully saturated rings. The van der Waals surface area contributed by atoms with E-state index in [1.165, 1.54) is 0 Å². The lowest BCUT2D eigenvalue weighted by molar-refractivity contribution is 0.0121. The summed E-state index contributed by atoms with van der Waals surface area (Å²) < 4.78 is 13.0.